The highest BCUT2D eigenvalue weighted by molar-refractivity contribution is 5.89. The highest BCUT2D eigenvalue weighted by Crippen LogP contribution is 2.37. The third kappa shape index (κ3) is 2.84. The molecule has 0 N–H and O–H groups in total. The number of allylic oxidation sites excluding steroid dienone is 2. The zero-order valence-corrected chi connectivity index (χ0v) is 11.8. The highest BCUT2D eigenvalue weighted by atomic mass is 16.5. The van der Waals surface area contributed by atoms with E-state index in [1.165, 1.54) is 18.3 Å². The van der Waals surface area contributed by atoms with Crippen LogP contribution in [0.15, 0.2) is 22.9 Å². The first-order valence-electron chi connectivity index (χ1n) is 7.17. The molecule has 0 aromatic rings. The Bertz CT molecular complexity index is 412. The summed E-state index contributed by atoms with van der Waals surface area (Å²) in [5, 5.41) is 13.3. The molecule has 2 aliphatic rings. The van der Waals surface area contributed by atoms with Crippen LogP contribution in [0.1, 0.15) is 51.9 Å². The van der Waals surface area contributed by atoms with Crippen molar-refractivity contribution < 1.29 is 9.53 Å². The SMILES string of the molecule is CCCCC1C2=C(C=C(C(=O)OC)N1[O-])CCCC2. The molecular formula is C15H22NO3-. The second-order valence-electron chi connectivity index (χ2n) is 5.26. The van der Waals surface area contributed by atoms with Crippen LogP contribution >= 0.6 is 0 Å². The van der Waals surface area contributed by atoms with Crippen LogP contribution in [0.4, 0.5) is 0 Å². The minimum Gasteiger partial charge on any atom is -0.758 e. The summed E-state index contributed by atoms with van der Waals surface area (Å²) in [5.41, 5.74) is 2.62. The van der Waals surface area contributed by atoms with Crippen molar-refractivity contribution in [2.45, 2.75) is 57.9 Å². The third-order valence-electron chi connectivity index (χ3n) is 4.01. The van der Waals surface area contributed by atoms with Crippen LogP contribution in [0.5, 0.6) is 0 Å². The molecule has 0 spiro atoms. The van der Waals surface area contributed by atoms with Gasteiger partial charge in [-0.2, -0.15) is 0 Å². The highest BCUT2D eigenvalue weighted by Gasteiger charge is 2.29. The second-order valence-corrected chi connectivity index (χ2v) is 5.26. The zero-order chi connectivity index (χ0) is 13.8. The molecule has 19 heavy (non-hydrogen) atoms. The number of ether oxygens (including phenoxy) is 1. The van der Waals surface area contributed by atoms with Gasteiger partial charge in [0.25, 0.3) is 0 Å². The molecular weight excluding hydrogens is 242 g/mol. The van der Waals surface area contributed by atoms with Gasteiger partial charge in [0.05, 0.1) is 7.11 Å². The zero-order valence-electron chi connectivity index (χ0n) is 11.8. The minimum absolute atomic E-state index is 0.158. The van der Waals surface area contributed by atoms with Crippen molar-refractivity contribution >= 4 is 5.97 Å². The molecule has 0 bridgehead atoms. The lowest BCUT2D eigenvalue weighted by Crippen LogP contribution is -2.38. The molecule has 0 radical (unpaired) electrons. The van der Waals surface area contributed by atoms with Crippen LogP contribution in [0.25, 0.3) is 0 Å². The fourth-order valence-electron chi connectivity index (χ4n) is 2.98. The van der Waals surface area contributed by atoms with Gasteiger partial charge in [-0.15, -0.1) is 0 Å². The van der Waals surface area contributed by atoms with Crippen LogP contribution < -0.4 is 0 Å². The standard InChI is InChI=1S/C15H22NO3/c1-3-4-9-13-12-8-6-5-7-11(12)10-14(16(13)18)15(17)19-2/h10,13H,3-9H2,1-2H3/q-1. The van der Waals surface area contributed by atoms with Gasteiger partial charge in [0.15, 0.2) is 0 Å². The van der Waals surface area contributed by atoms with Crippen molar-refractivity contribution in [3.8, 4) is 0 Å². The summed E-state index contributed by atoms with van der Waals surface area (Å²) in [7, 11) is 1.32. The summed E-state index contributed by atoms with van der Waals surface area (Å²) in [6.07, 6.45) is 8.90. The molecule has 1 aliphatic carbocycles. The molecule has 106 valence electrons. The maximum Gasteiger partial charge on any atom is 0.353 e. The lowest BCUT2D eigenvalue weighted by molar-refractivity contribution is -0.137. The van der Waals surface area contributed by atoms with E-state index in [9.17, 15) is 10.0 Å². The number of unbranched alkanes of at least 4 members (excludes halogenated alkanes) is 1. The number of hydroxylamine groups is 2. The molecule has 1 unspecified atom stereocenters. The summed E-state index contributed by atoms with van der Waals surface area (Å²) in [6, 6.07) is -0.158. The van der Waals surface area contributed by atoms with E-state index in [0.717, 1.165) is 50.0 Å². The first kappa shape index (κ1) is 14.1. The third-order valence-corrected chi connectivity index (χ3v) is 4.01. The average molecular weight is 264 g/mol. The van der Waals surface area contributed by atoms with Crippen molar-refractivity contribution in [1.82, 2.24) is 5.06 Å². The number of rotatable bonds is 4. The van der Waals surface area contributed by atoms with Crippen molar-refractivity contribution in [1.29, 1.82) is 0 Å². The van der Waals surface area contributed by atoms with Crippen molar-refractivity contribution in [3.63, 3.8) is 0 Å². The molecule has 1 heterocycles. The molecule has 4 nitrogen and oxygen atoms in total. The number of esters is 1. The number of hydrogen-bond acceptors (Lipinski definition) is 4. The molecule has 0 aromatic heterocycles. The summed E-state index contributed by atoms with van der Waals surface area (Å²) in [4.78, 5) is 11.7. The molecule has 0 saturated carbocycles. The van der Waals surface area contributed by atoms with Crippen LogP contribution in [0, 0.1) is 5.21 Å². The second kappa shape index (κ2) is 6.24. The topological polar surface area (TPSA) is 52.6 Å². The number of methoxy groups -OCH3 is 1. The van der Waals surface area contributed by atoms with Gasteiger partial charge in [-0.3, -0.25) is 0 Å². The molecule has 1 atom stereocenters. The van der Waals surface area contributed by atoms with E-state index in [2.05, 4.69) is 6.92 Å². The van der Waals surface area contributed by atoms with E-state index in [-0.39, 0.29) is 11.7 Å². The van der Waals surface area contributed by atoms with Gasteiger partial charge in [-0.05, 0) is 49.3 Å². The van der Waals surface area contributed by atoms with E-state index < -0.39 is 5.97 Å². The van der Waals surface area contributed by atoms with Gasteiger partial charge in [0, 0.05) is 6.04 Å². The summed E-state index contributed by atoms with van der Waals surface area (Å²) >= 11 is 0. The fraction of sp³-hybridized carbons (Fsp3) is 0.667. The van der Waals surface area contributed by atoms with E-state index in [0.29, 0.717) is 0 Å². The molecule has 4 heteroatoms. The largest absolute Gasteiger partial charge is 0.758 e. The first-order chi connectivity index (χ1) is 9.19. The van der Waals surface area contributed by atoms with Crippen molar-refractivity contribution in [3.05, 3.63) is 28.1 Å². The number of carbonyl (C=O) groups excluding carboxylic acids is 1. The molecule has 0 fully saturated rings. The quantitative estimate of drug-likeness (QED) is 0.731. The molecule has 0 aromatic carbocycles. The Labute approximate surface area is 114 Å². The average Bonchev–Trinajstić information content (AvgIpc) is 2.45. The summed E-state index contributed by atoms with van der Waals surface area (Å²) in [5.74, 6) is -0.520. The van der Waals surface area contributed by atoms with E-state index >= 15 is 0 Å². The maximum absolute atomic E-state index is 12.4. The number of carbonyl (C=O) groups is 1. The van der Waals surface area contributed by atoms with Gasteiger partial charge in [-0.25, -0.2) is 4.79 Å². The number of nitrogens with zero attached hydrogens (tertiary/aromatic N) is 1. The van der Waals surface area contributed by atoms with E-state index in [1.807, 2.05) is 0 Å². The van der Waals surface area contributed by atoms with E-state index in [4.69, 9.17) is 4.74 Å². The lowest BCUT2D eigenvalue weighted by Gasteiger charge is -2.45. The Balaban J connectivity index is 2.30. The monoisotopic (exact) mass is 264 g/mol. The normalized spacial score (nSPS) is 23.0. The fourth-order valence-corrected chi connectivity index (χ4v) is 2.98. The molecule has 2 rings (SSSR count). The smallest absolute Gasteiger partial charge is 0.353 e. The Morgan fingerprint density at radius 2 is 2.21 bits per heavy atom. The summed E-state index contributed by atoms with van der Waals surface area (Å²) in [6.45, 7) is 2.12. The van der Waals surface area contributed by atoms with Gasteiger partial charge in [0.2, 0.25) is 0 Å². The van der Waals surface area contributed by atoms with Crippen LogP contribution in [0.2, 0.25) is 0 Å². The van der Waals surface area contributed by atoms with Gasteiger partial charge in [0.1, 0.15) is 5.70 Å². The van der Waals surface area contributed by atoms with Crippen molar-refractivity contribution in [2.75, 3.05) is 7.11 Å². The molecule has 0 saturated heterocycles. The predicted octanol–water partition coefficient (Wildman–Crippen LogP) is 3.29. The van der Waals surface area contributed by atoms with Gasteiger partial charge >= 0.3 is 5.97 Å². The van der Waals surface area contributed by atoms with Crippen LogP contribution in [-0.2, 0) is 9.53 Å². The summed E-state index contributed by atoms with van der Waals surface area (Å²) < 4.78 is 4.72. The molecule has 1 aliphatic heterocycles. The van der Waals surface area contributed by atoms with Crippen LogP contribution in [-0.4, -0.2) is 24.2 Å². The maximum atomic E-state index is 12.4. The Hall–Kier alpha value is -1.29. The Kier molecular flexibility index (Phi) is 4.64. The number of hydrogen-bond donors (Lipinski definition) is 0. The van der Waals surface area contributed by atoms with Gasteiger partial charge in [-0.1, -0.05) is 19.8 Å². The predicted molar refractivity (Wildman–Crippen MR) is 74.1 cm³/mol. The van der Waals surface area contributed by atoms with Crippen molar-refractivity contribution in [2.24, 2.45) is 0 Å². The Morgan fingerprint density at radius 3 is 2.89 bits per heavy atom. The van der Waals surface area contributed by atoms with Crippen LogP contribution in [0.3, 0.4) is 0 Å². The minimum atomic E-state index is -0.520. The first-order valence-corrected chi connectivity index (χ1v) is 7.17. The Morgan fingerprint density at radius 1 is 1.47 bits per heavy atom. The lowest BCUT2D eigenvalue weighted by atomic mass is 9.82. The van der Waals surface area contributed by atoms with Gasteiger partial charge < -0.3 is 15.0 Å². The molecule has 0 amide bonds. The van der Waals surface area contributed by atoms with E-state index in [1.54, 1.807) is 6.08 Å².